The maximum atomic E-state index is 13.2. The van der Waals surface area contributed by atoms with E-state index in [1.807, 2.05) is 19.9 Å². The summed E-state index contributed by atoms with van der Waals surface area (Å²) in [4.78, 5) is 26.5. The van der Waals surface area contributed by atoms with E-state index < -0.39 is 5.97 Å². The predicted octanol–water partition coefficient (Wildman–Crippen LogP) is 4.81. The molecule has 1 amide bonds. The van der Waals surface area contributed by atoms with E-state index in [1.165, 1.54) is 10.9 Å². The second-order valence-electron chi connectivity index (χ2n) is 7.94. The second-order valence-corrected chi connectivity index (χ2v) is 7.94. The molecule has 1 aromatic heterocycles. The lowest BCUT2D eigenvalue weighted by molar-refractivity contribution is -0.123. The molecule has 1 aliphatic rings. The molecule has 1 aromatic rings. The molecule has 1 heterocycles. The minimum Gasteiger partial charge on any atom is -0.477 e. The van der Waals surface area contributed by atoms with E-state index in [1.54, 1.807) is 11.1 Å². The lowest BCUT2D eigenvalue weighted by atomic mass is 9.82. The van der Waals surface area contributed by atoms with E-state index in [2.05, 4.69) is 18.9 Å². The van der Waals surface area contributed by atoms with E-state index in [9.17, 15) is 14.7 Å². The van der Waals surface area contributed by atoms with E-state index in [0.29, 0.717) is 5.92 Å². The zero-order valence-corrected chi connectivity index (χ0v) is 17.0. The van der Waals surface area contributed by atoms with Crippen molar-refractivity contribution >= 4 is 23.9 Å². The number of aromatic carboxylic acids is 1. The highest BCUT2D eigenvalue weighted by Gasteiger charge is 2.33. The number of hydrogen-bond acceptors (Lipinski definition) is 3. The molecule has 150 valence electrons. The third kappa shape index (κ3) is 5.44. The van der Waals surface area contributed by atoms with Gasteiger partial charge in [0.15, 0.2) is 5.82 Å². The van der Waals surface area contributed by atoms with Crippen LogP contribution in [0, 0.1) is 11.8 Å². The first-order chi connectivity index (χ1) is 12.8. The molecule has 0 spiro atoms. The summed E-state index contributed by atoms with van der Waals surface area (Å²) in [6.45, 7) is 8.16. The molecule has 0 unspecified atom stereocenters. The van der Waals surface area contributed by atoms with Crippen molar-refractivity contribution < 1.29 is 14.7 Å². The molecule has 6 heteroatoms. The maximum Gasteiger partial charge on any atom is 0.341 e. The first kappa shape index (κ1) is 21.2. The Morgan fingerprint density at radius 3 is 2.56 bits per heavy atom. The highest BCUT2D eigenvalue weighted by Crippen LogP contribution is 2.32. The van der Waals surface area contributed by atoms with E-state index in [0.717, 1.165) is 44.9 Å². The van der Waals surface area contributed by atoms with Gasteiger partial charge in [-0.1, -0.05) is 32.8 Å². The highest BCUT2D eigenvalue weighted by molar-refractivity contribution is 6.01. The third-order valence-electron chi connectivity index (χ3n) is 5.27. The Bertz CT molecular complexity index is 670. The molecule has 0 atom stereocenters. The van der Waals surface area contributed by atoms with Crippen LogP contribution < -0.4 is 4.90 Å². The van der Waals surface area contributed by atoms with Crippen LogP contribution in [0.4, 0.5) is 5.82 Å². The number of allylic oxidation sites excluding steroid dienone is 1. The van der Waals surface area contributed by atoms with Crippen molar-refractivity contribution in [1.29, 1.82) is 0 Å². The molecular weight excluding hydrogens is 342 g/mol. The first-order valence-electron chi connectivity index (χ1n) is 10.2. The number of hydrogen-bond donors (Lipinski definition) is 1. The second kappa shape index (κ2) is 9.72. The number of unbranched alkanes of at least 4 members (excludes halogenated alkanes) is 2. The summed E-state index contributed by atoms with van der Waals surface area (Å²) in [5.41, 5.74) is 0.0707. The monoisotopic (exact) mass is 375 g/mol. The van der Waals surface area contributed by atoms with Crippen LogP contribution in [0.5, 0.6) is 0 Å². The smallest absolute Gasteiger partial charge is 0.341 e. The van der Waals surface area contributed by atoms with Crippen LogP contribution in [0.2, 0.25) is 0 Å². The van der Waals surface area contributed by atoms with Crippen molar-refractivity contribution in [2.24, 2.45) is 11.8 Å². The molecule has 2 rings (SSSR count). The number of amides is 1. The summed E-state index contributed by atoms with van der Waals surface area (Å²) in [6, 6.07) is -0.151. The fraction of sp³-hybridized carbons (Fsp3) is 0.667. The van der Waals surface area contributed by atoms with Gasteiger partial charge < -0.3 is 5.11 Å². The Morgan fingerprint density at radius 1 is 1.33 bits per heavy atom. The van der Waals surface area contributed by atoms with Crippen molar-refractivity contribution in [2.45, 2.75) is 78.7 Å². The molecule has 0 bridgehead atoms. The number of carbonyl (C=O) groups excluding carboxylic acids is 1. The molecule has 0 aliphatic heterocycles. The van der Waals surface area contributed by atoms with Crippen LogP contribution >= 0.6 is 0 Å². The molecule has 6 nitrogen and oxygen atoms in total. The molecular formula is C21H33N3O3. The molecule has 1 saturated carbocycles. The van der Waals surface area contributed by atoms with Crippen LogP contribution in [0.3, 0.4) is 0 Å². The minimum absolute atomic E-state index is 0.000359. The van der Waals surface area contributed by atoms with Crippen LogP contribution in [0.1, 0.15) is 83.0 Å². The van der Waals surface area contributed by atoms with Crippen LogP contribution in [-0.2, 0) is 4.79 Å². The average molecular weight is 376 g/mol. The van der Waals surface area contributed by atoms with E-state index in [-0.39, 0.29) is 29.2 Å². The van der Waals surface area contributed by atoms with Crippen LogP contribution in [-0.4, -0.2) is 32.8 Å². The van der Waals surface area contributed by atoms with Gasteiger partial charge >= 0.3 is 5.97 Å². The van der Waals surface area contributed by atoms with E-state index in [4.69, 9.17) is 0 Å². The zero-order valence-electron chi connectivity index (χ0n) is 17.0. The SMILES string of the molecule is CCCCC=Cn1cc(C(=O)O)c(N(C(=O)C2CCC(C)CC2)C(C)C)n1. The summed E-state index contributed by atoms with van der Waals surface area (Å²) >= 11 is 0. The maximum absolute atomic E-state index is 13.2. The van der Waals surface area contributed by atoms with Gasteiger partial charge in [0, 0.05) is 24.4 Å². The van der Waals surface area contributed by atoms with Crippen LogP contribution in [0.15, 0.2) is 12.3 Å². The summed E-state index contributed by atoms with van der Waals surface area (Å²) in [5.74, 6) is -0.200. The number of carboxylic acids is 1. The molecule has 0 saturated heterocycles. The largest absolute Gasteiger partial charge is 0.477 e. The third-order valence-corrected chi connectivity index (χ3v) is 5.27. The van der Waals surface area contributed by atoms with Gasteiger partial charge in [0.25, 0.3) is 0 Å². The predicted molar refractivity (Wildman–Crippen MR) is 108 cm³/mol. The van der Waals surface area contributed by atoms with Gasteiger partial charge in [-0.2, -0.15) is 0 Å². The normalized spacial score (nSPS) is 20.3. The molecule has 1 fully saturated rings. The molecule has 1 aliphatic carbocycles. The van der Waals surface area contributed by atoms with Crippen molar-refractivity contribution in [3.05, 3.63) is 17.8 Å². The topological polar surface area (TPSA) is 75.4 Å². The quantitative estimate of drug-likeness (QED) is 0.662. The molecule has 0 radical (unpaired) electrons. The number of aromatic nitrogens is 2. The Labute approximate surface area is 162 Å². The van der Waals surface area contributed by atoms with Crippen molar-refractivity contribution in [3.63, 3.8) is 0 Å². The number of rotatable bonds is 8. The number of nitrogens with zero attached hydrogens (tertiary/aromatic N) is 3. The first-order valence-corrected chi connectivity index (χ1v) is 10.2. The standard InChI is InChI=1S/C21H33N3O3/c1-5-6-7-8-13-23-14-18(21(26)27)19(22-23)24(15(2)3)20(25)17-11-9-16(4)10-12-17/h8,13-17H,5-7,9-12H2,1-4H3,(H,26,27). The molecule has 27 heavy (non-hydrogen) atoms. The average Bonchev–Trinajstić information content (AvgIpc) is 3.03. The molecule has 1 N–H and O–H groups in total. The van der Waals surface area contributed by atoms with Crippen molar-refractivity contribution in [2.75, 3.05) is 4.90 Å². The van der Waals surface area contributed by atoms with Gasteiger partial charge in [-0.15, -0.1) is 5.10 Å². The van der Waals surface area contributed by atoms with Gasteiger partial charge in [0.05, 0.1) is 0 Å². The summed E-state index contributed by atoms with van der Waals surface area (Å²) in [6.07, 6.45) is 12.2. The molecule has 0 aromatic carbocycles. The van der Waals surface area contributed by atoms with Gasteiger partial charge in [-0.25, -0.2) is 9.48 Å². The lowest BCUT2D eigenvalue weighted by Gasteiger charge is -2.32. The van der Waals surface area contributed by atoms with Gasteiger partial charge in [0.2, 0.25) is 5.91 Å². The number of carboxylic acid groups (broad SMARTS) is 1. The summed E-state index contributed by atoms with van der Waals surface area (Å²) < 4.78 is 1.51. The summed E-state index contributed by atoms with van der Waals surface area (Å²) in [7, 11) is 0. The van der Waals surface area contributed by atoms with Gasteiger partial charge in [-0.05, 0) is 51.9 Å². The van der Waals surface area contributed by atoms with Gasteiger partial charge in [0.1, 0.15) is 5.56 Å². The minimum atomic E-state index is -1.06. The number of anilines is 1. The zero-order chi connectivity index (χ0) is 20.0. The number of carbonyl (C=O) groups is 2. The lowest BCUT2D eigenvalue weighted by Crippen LogP contribution is -2.43. The van der Waals surface area contributed by atoms with Crippen molar-refractivity contribution in [1.82, 2.24) is 9.78 Å². The Balaban J connectivity index is 2.29. The highest BCUT2D eigenvalue weighted by atomic mass is 16.4. The fourth-order valence-corrected chi connectivity index (χ4v) is 3.60. The van der Waals surface area contributed by atoms with Crippen molar-refractivity contribution in [3.8, 4) is 0 Å². The Kier molecular flexibility index (Phi) is 7.63. The fourth-order valence-electron chi connectivity index (χ4n) is 3.60. The van der Waals surface area contributed by atoms with Crippen LogP contribution in [0.25, 0.3) is 6.20 Å². The Morgan fingerprint density at radius 2 is 2.00 bits per heavy atom. The Hall–Kier alpha value is -2.11. The van der Waals surface area contributed by atoms with E-state index >= 15 is 0 Å². The summed E-state index contributed by atoms with van der Waals surface area (Å²) in [5, 5.41) is 14.1. The van der Waals surface area contributed by atoms with Gasteiger partial charge in [-0.3, -0.25) is 9.69 Å².